The molecule has 0 bridgehead atoms. The fraction of sp³-hybridized carbons (Fsp3) is 0.263. The van der Waals surface area contributed by atoms with E-state index in [4.69, 9.17) is 0 Å². The third-order valence-electron chi connectivity index (χ3n) is 4.60. The second-order valence-corrected chi connectivity index (χ2v) is 7.84. The quantitative estimate of drug-likeness (QED) is 0.564. The van der Waals surface area contributed by atoms with E-state index in [2.05, 4.69) is 15.1 Å². The molecule has 6 nitrogen and oxygen atoms in total. The van der Waals surface area contributed by atoms with Crippen LogP contribution in [0.3, 0.4) is 0 Å². The number of anilines is 1. The minimum absolute atomic E-state index is 0.0782. The second-order valence-electron chi connectivity index (χ2n) is 6.72. The third kappa shape index (κ3) is 4.63. The molecule has 2 aromatic heterocycles. The zero-order valence-corrected chi connectivity index (χ0v) is 16.5. The van der Waals surface area contributed by atoms with Gasteiger partial charge in [-0.25, -0.2) is 23.2 Å². The summed E-state index contributed by atoms with van der Waals surface area (Å²) in [4.78, 5) is 21.2. The fourth-order valence-electron chi connectivity index (χ4n) is 3.11. The Morgan fingerprint density at radius 1 is 1.16 bits per heavy atom. The number of aromatic nitrogens is 4. The van der Waals surface area contributed by atoms with Crippen LogP contribution in [0.1, 0.15) is 15.4 Å². The summed E-state index contributed by atoms with van der Waals surface area (Å²) in [6.07, 6.45) is -2.01. The zero-order chi connectivity index (χ0) is 22.2. The van der Waals surface area contributed by atoms with Gasteiger partial charge in [0.1, 0.15) is 12.0 Å². The van der Waals surface area contributed by atoms with Gasteiger partial charge < -0.3 is 4.90 Å². The van der Waals surface area contributed by atoms with Crippen molar-refractivity contribution < 1.29 is 22.0 Å². The van der Waals surface area contributed by atoms with Crippen LogP contribution in [-0.2, 0) is 12.7 Å². The molecule has 12 heteroatoms. The largest absolute Gasteiger partial charge is 0.443 e. The van der Waals surface area contributed by atoms with E-state index >= 15 is 0 Å². The van der Waals surface area contributed by atoms with E-state index in [0.29, 0.717) is 22.5 Å². The van der Waals surface area contributed by atoms with Crippen molar-refractivity contribution in [1.29, 1.82) is 0 Å². The van der Waals surface area contributed by atoms with Gasteiger partial charge in [0, 0.05) is 17.6 Å². The molecule has 0 N–H and O–H groups in total. The molecule has 1 unspecified atom stereocenters. The van der Waals surface area contributed by atoms with Crippen molar-refractivity contribution in [2.75, 3.05) is 18.0 Å². The molecule has 0 fully saturated rings. The third-order valence-corrected chi connectivity index (χ3v) is 5.62. The minimum atomic E-state index is -4.55. The molecule has 31 heavy (non-hydrogen) atoms. The summed E-state index contributed by atoms with van der Waals surface area (Å²) in [5, 5.41) is 2.94. The van der Waals surface area contributed by atoms with Crippen molar-refractivity contribution >= 4 is 22.7 Å². The van der Waals surface area contributed by atoms with Gasteiger partial charge >= 0.3 is 11.9 Å². The molecule has 0 aliphatic carbocycles. The van der Waals surface area contributed by atoms with E-state index in [1.54, 1.807) is 6.08 Å². The van der Waals surface area contributed by atoms with Crippen LogP contribution < -0.4 is 10.6 Å². The lowest BCUT2D eigenvalue weighted by atomic mass is 9.98. The Kier molecular flexibility index (Phi) is 5.56. The van der Waals surface area contributed by atoms with Crippen LogP contribution in [0.25, 0.3) is 5.57 Å². The molecule has 4 rings (SSSR count). The van der Waals surface area contributed by atoms with E-state index in [-0.39, 0.29) is 30.3 Å². The number of benzene rings is 1. The molecule has 3 aromatic rings. The summed E-state index contributed by atoms with van der Waals surface area (Å²) < 4.78 is 66.7. The standard InChI is InChI=1S/C19H14F5N5OS/c20-12-3-1-11(2-4-12)14-5-6-28(10-15(14)21)16-8-26-29(18(30)27-16)9-13-7-25-17(31-13)19(22,23)24/h1-5,7-8,15H,6,9-10H2. The highest BCUT2D eigenvalue weighted by molar-refractivity contribution is 7.11. The number of hydrogen-bond acceptors (Lipinski definition) is 6. The van der Waals surface area contributed by atoms with Gasteiger partial charge in [0.25, 0.3) is 0 Å². The van der Waals surface area contributed by atoms with Crippen molar-refractivity contribution in [3.63, 3.8) is 0 Å². The van der Waals surface area contributed by atoms with Gasteiger partial charge in [0.05, 0.1) is 19.3 Å². The number of rotatable bonds is 4. The van der Waals surface area contributed by atoms with E-state index in [1.165, 1.54) is 35.4 Å². The van der Waals surface area contributed by atoms with Gasteiger partial charge in [-0.2, -0.15) is 23.3 Å². The molecule has 1 atom stereocenters. The average Bonchev–Trinajstić information content (AvgIpc) is 3.19. The predicted octanol–water partition coefficient (Wildman–Crippen LogP) is 3.54. The molecule has 1 aliphatic heterocycles. The summed E-state index contributed by atoms with van der Waals surface area (Å²) in [5.74, 6) is -0.264. The van der Waals surface area contributed by atoms with E-state index < -0.39 is 28.9 Å². The highest BCUT2D eigenvalue weighted by Gasteiger charge is 2.34. The average molecular weight is 455 g/mol. The molecule has 0 spiro atoms. The molecule has 1 aliphatic rings. The Hall–Kier alpha value is -3.15. The number of halogens is 5. The summed E-state index contributed by atoms with van der Waals surface area (Å²) in [6.45, 7) is -0.0274. The Labute approximate surface area is 176 Å². The van der Waals surface area contributed by atoms with Gasteiger partial charge in [-0.3, -0.25) is 0 Å². The van der Waals surface area contributed by atoms with E-state index in [9.17, 15) is 26.7 Å². The first-order valence-corrected chi connectivity index (χ1v) is 9.83. The van der Waals surface area contributed by atoms with Crippen molar-refractivity contribution in [3.05, 3.63) is 74.5 Å². The second kappa shape index (κ2) is 8.17. The van der Waals surface area contributed by atoms with Crippen molar-refractivity contribution in [2.24, 2.45) is 0 Å². The number of hydrogen-bond donors (Lipinski definition) is 0. The molecule has 1 aromatic carbocycles. The molecular weight excluding hydrogens is 441 g/mol. The molecule has 0 saturated heterocycles. The first kappa shape index (κ1) is 21.1. The van der Waals surface area contributed by atoms with Crippen LogP contribution in [0.15, 0.2) is 47.5 Å². The molecule has 0 amide bonds. The lowest BCUT2D eigenvalue weighted by Gasteiger charge is -2.29. The summed E-state index contributed by atoms with van der Waals surface area (Å²) in [6, 6.07) is 5.49. The summed E-state index contributed by atoms with van der Waals surface area (Å²) in [7, 11) is 0. The van der Waals surface area contributed by atoms with Gasteiger partial charge in [0.2, 0.25) is 0 Å². The van der Waals surface area contributed by atoms with Crippen LogP contribution in [0, 0.1) is 5.82 Å². The fourth-order valence-corrected chi connectivity index (χ4v) is 3.87. The Morgan fingerprint density at radius 3 is 2.52 bits per heavy atom. The Morgan fingerprint density at radius 2 is 1.90 bits per heavy atom. The van der Waals surface area contributed by atoms with Gasteiger partial charge in [-0.1, -0.05) is 18.2 Å². The summed E-state index contributed by atoms with van der Waals surface area (Å²) >= 11 is 0.420. The SMILES string of the molecule is O=c1nc(N2CC=C(c3ccc(F)cc3)C(F)C2)cnn1Cc1cnc(C(F)(F)F)s1. The lowest BCUT2D eigenvalue weighted by Crippen LogP contribution is -2.38. The topological polar surface area (TPSA) is 63.9 Å². The predicted molar refractivity (Wildman–Crippen MR) is 104 cm³/mol. The van der Waals surface area contributed by atoms with Crippen LogP contribution in [0.5, 0.6) is 0 Å². The van der Waals surface area contributed by atoms with Crippen LogP contribution in [-0.4, -0.2) is 39.0 Å². The zero-order valence-electron chi connectivity index (χ0n) is 15.7. The van der Waals surface area contributed by atoms with Crippen LogP contribution in [0.2, 0.25) is 0 Å². The van der Waals surface area contributed by atoms with Crippen LogP contribution in [0.4, 0.5) is 27.8 Å². The smallest absolute Gasteiger partial charge is 0.348 e. The molecule has 0 saturated carbocycles. The Balaban J connectivity index is 1.49. The maximum atomic E-state index is 14.7. The number of thiazole rings is 1. The van der Waals surface area contributed by atoms with Crippen molar-refractivity contribution in [1.82, 2.24) is 19.7 Å². The molecule has 3 heterocycles. The van der Waals surface area contributed by atoms with E-state index in [0.717, 1.165) is 10.9 Å². The minimum Gasteiger partial charge on any atom is -0.348 e. The first-order chi connectivity index (χ1) is 14.7. The monoisotopic (exact) mass is 455 g/mol. The van der Waals surface area contributed by atoms with Crippen molar-refractivity contribution in [3.8, 4) is 0 Å². The first-order valence-electron chi connectivity index (χ1n) is 9.02. The van der Waals surface area contributed by atoms with Crippen LogP contribution >= 0.6 is 11.3 Å². The van der Waals surface area contributed by atoms with Gasteiger partial charge in [-0.15, -0.1) is 11.3 Å². The maximum absolute atomic E-state index is 14.7. The lowest BCUT2D eigenvalue weighted by molar-refractivity contribution is -0.137. The highest BCUT2D eigenvalue weighted by atomic mass is 32.1. The Bertz CT molecular complexity index is 1170. The molecule has 0 radical (unpaired) electrons. The number of nitrogens with zero attached hydrogens (tertiary/aromatic N) is 5. The number of alkyl halides is 4. The van der Waals surface area contributed by atoms with Gasteiger partial charge in [0.15, 0.2) is 10.8 Å². The molecular formula is C19H14F5N5OS. The molecule has 162 valence electrons. The van der Waals surface area contributed by atoms with Crippen molar-refractivity contribution in [2.45, 2.75) is 18.9 Å². The summed E-state index contributed by atoms with van der Waals surface area (Å²) in [5.41, 5.74) is 0.212. The maximum Gasteiger partial charge on any atom is 0.443 e. The normalized spacial score (nSPS) is 17.0. The van der Waals surface area contributed by atoms with E-state index in [1.807, 2.05) is 0 Å². The highest BCUT2D eigenvalue weighted by Crippen LogP contribution is 2.32. The van der Waals surface area contributed by atoms with Gasteiger partial charge in [-0.05, 0) is 23.3 Å².